The monoisotopic (exact) mass is 280 g/mol. The average molecular weight is 280 g/mol. The number of hydrogen-bond donors (Lipinski definition) is 1. The first kappa shape index (κ1) is 13.9. The Hall–Kier alpha value is -1.56. The Kier molecular flexibility index (Phi) is 4.79. The summed E-state index contributed by atoms with van der Waals surface area (Å²) in [6, 6.07) is 3.58. The van der Waals surface area contributed by atoms with Crippen LogP contribution in [0, 0.1) is 0 Å². The van der Waals surface area contributed by atoms with Gasteiger partial charge in [-0.1, -0.05) is 0 Å². The molecule has 0 aromatic carbocycles. The molecule has 1 saturated heterocycles. The highest BCUT2D eigenvalue weighted by molar-refractivity contribution is 8.00. The van der Waals surface area contributed by atoms with Crippen LogP contribution < -0.4 is 0 Å². The van der Waals surface area contributed by atoms with Gasteiger partial charge in [0.05, 0.1) is 12.2 Å². The van der Waals surface area contributed by atoms with Crippen molar-refractivity contribution in [1.29, 1.82) is 0 Å². The van der Waals surface area contributed by atoms with Gasteiger partial charge in [0.15, 0.2) is 0 Å². The van der Waals surface area contributed by atoms with E-state index in [1.54, 1.807) is 17.3 Å². The van der Waals surface area contributed by atoms with Crippen LogP contribution in [0.3, 0.4) is 0 Å². The summed E-state index contributed by atoms with van der Waals surface area (Å²) in [5.41, 5.74) is 0. The highest BCUT2D eigenvalue weighted by atomic mass is 32.2. The van der Waals surface area contributed by atoms with Gasteiger partial charge in [-0.2, -0.15) is 0 Å². The Bertz CT molecular complexity index is 452. The van der Waals surface area contributed by atoms with Gasteiger partial charge in [0, 0.05) is 29.9 Å². The molecule has 1 N–H and O–H groups in total. The molecule has 6 heteroatoms. The van der Waals surface area contributed by atoms with Crippen molar-refractivity contribution in [3.8, 4) is 0 Å². The molecule has 19 heavy (non-hydrogen) atoms. The SMILES string of the molecule is O=C(O)CC1CCCN1C(=O)CSc1ccncc1. The number of rotatable bonds is 5. The molecule has 1 aliphatic rings. The molecule has 2 heterocycles. The number of carboxylic acids is 1. The van der Waals surface area contributed by atoms with Crippen molar-refractivity contribution in [2.75, 3.05) is 12.3 Å². The predicted molar refractivity (Wildman–Crippen MR) is 71.9 cm³/mol. The summed E-state index contributed by atoms with van der Waals surface area (Å²) in [5.74, 6) is -0.475. The summed E-state index contributed by atoms with van der Waals surface area (Å²) in [4.78, 5) is 29.5. The van der Waals surface area contributed by atoms with Gasteiger partial charge in [-0.15, -0.1) is 11.8 Å². The number of pyridine rings is 1. The van der Waals surface area contributed by atoms with E-state index in [0.29, 0.717) is 12.3 Å². The fourth-order valence-electron chi connectivity index (χ4n) is 2.24. The number of carboxylic acid groups (broad SMARTS) is 1. The zero-order valence-electron chi connectivity index (χ0n) is 10.5. The third-order valence-corrected chi connectivity index (χ3v) is 4.12. The van der Waals surface area contributed by atoms with Crippen molar-refractivity contribution in [3.63, 3.8) is 0 Å². The normalized spacial score (nSPS) is 18.5. The molecule has 1 aliphatic heterocycles. The number of thioether (sulfide) groups is 1. The number of carbonyl (C=O) groups is 2. The molecule has 1 aromatic rings. The van der Waals surface area contributed by atoms with E-state index in [9.17, 15) is 9.59 Å². The Balaban J connectivity index is 1.87. The molecule has 1 unspecified atom stereocenters. The largest absolute Gasteiger partial charge is 0.481 e. The lowest BCUT2D eigenvalue weighted by atomic mass is 10.1. The van der Waals surface area contributed by atoms with Gasteiger partial charge < -0.3 is 10.0 Å². The highest BCUT2D eigenvalue weighted by Gasteiger charge is 2.29. The lowest BCUT2D eigenvalue weighted by molar-refractivity contribution is -0.139. The molecule has 0 radical (unpaired) electrons. The Morgan fingerprint density at radius 1 is 1.42 bits per heavy atom. The van der Waals surface area contributed by atoms with E-state index < -0.39 is 5.97 Å². The maximum absolute atomic E-state index is 12.1. The number of aliphatic carboxylic acids is 1. The van der Waals surface area contributed by atoms with E-state index in [0.717, 1.165) is 17.7 Å². The van der Waals surface area contributed by atoms with Crippen LogP contribution in [0.15, 0.2) is 29.4 Å². The number of nitrogens with zero attached hydrogens (tertiary/aromatic N) is 2. The van der Waals surface area contributed by atoms with Gasteiger partial charge in [-0.05, 0) is 25.0 Å². The van der Waals surface area contributed by atoms with Gasteiger partial charge in [0.25, 0.3) is 0 Å². The minimum Gasteiger partial charge on any atom is -0.481 e. The summed E-state index contributed by atoms with van der Waals surface area (Å²) in [5, 5.41) is 8.83. The fourth-order valence-corrected chi connectivity index (χ4v) is 3.01. The van der Waals surface area contributed by atoms with Crippen LogP contribution in [0.2, 0.25) is 0 Å². The van der Waals surface area contributed by atoms with E-state index in [4.69, 9.17) is 5.11 Å². The molecule has 0 aliphatic carbocycles. The van der Waals surface area contributed by atoms with Crippen molar-refractivity contribution in [1.82, 2.24) is 9.88 Å². The summed E-state index contributed by atoms with van der Waals surface area (Å²) in [6.07, 6.45) is 5.11. The highest BCUT2D eigenvalue weighted by Crippen LogP contribution is 2.23. The Morgan fingerprint density at radius 2 is 2.16 bits per heavy atom. The van der Waals surface area contributed by atoms with Crippen LogP contribution >= 0.6 is 11.8 Å². The van der Waals surface area contributed by atoms with Crippen molar-refractivity contribution < 1.29 is 14.7 Å². The predicted octanol–water partition coefficient (Wildman–Crippen LogP) is 1.64. The Labute approximate surface area is 116 Å². The van der Waals surface area contributed by atoms with Crippen LogP contribution in [0.5, 0.6) is 0 Å². The molecule has 5 nitrogen and oxygen atoms in total. The van der Waals surface area contributed by atoms with Crippen LogP contribution in [-0.4, -0.2) is 45.2 Å². The first-order chi connectivity index (χ1) is 9.16. The Morgan fingerprint density at radius 3 is 2.84 bits per heavy atom. The second kappa shape index (κ2) is 6.56. The topological polar surface area (TPSA) is 70.5 Å². The molecule has 1 amide bonds. The smallest absolute Gasteiger partial charge is 0.305 e. The molecule has 0 spiro atoms. The van der Waals surface area contributed by atoms with Crippen molar-refractivity contribution in [2.45, 2.75) is 30.2 Å². The van der Waals surface area contributed by atoms with Gasteiger partial charge in [-0.3, -0.25) is 14.6 Å². The maximum Gasteiger partial charge on any atom is 0.305 e. The molecule has 0 bridgehead atoms. The fraction of sp³-hybridized carbons (Fsp3) is 0.462. The first-order valence-corrected chi connectivity index (χ1v) is 7.19. The second-order valence-electron chi connectivity index (χ2n) is 4.45. The van der Waals surface area contributed by atoms with E-state index in [2.05, 4.69) is 4.98 Å². The van der Waals surface area contributed by atoms with Crippen molar-refractivity contribution in [2.24, 2.45) is 0 Å². The molecule has 2 rings (SSSR count). The van der Waals surface area contributed by atoms with Crippen LogP contribution in [0.1, 0.15) is 19.3 Å². The van der Waals surface area contributed by atoms with Gasteiger partial charge in [0.1, 0.15) is 0 Å². The third kappa shape index (κ3) is 3.96. The van der Waals surface area contributed by atoms with Crippen LogP contribution in [0.4, 0.5) is 0 Å². The van der Waals surface area contributed by atoms with Crippen molar-refractivity contribution in [3.05, 3.63) is 24.5 Å². The van der Waals surface area contributed by atoms with E-state index in [1.165, 1.54) is 11.8 Å². The maximum atomic E-state index is 12.1. The average Bonchev–Trinajstić information content (AvgIpc) is 2.84. The summed E-state index contributed by atoms with van der Waals surface area (Å²) in [7, 11) is 0. The molecule has 1 fully saturated rings. The molecule has 0 saturated carbocycles. The summed E-state index contributed by atoms with van der Waals surface area (Å²) < 4.78 is 0. The molecule has 1 atom stereocenters. The van der Waals surface area contributed by atoms with E-state index in [1.807, 2.05) is 12.1 Å². The standard InChI is InChI=1S/C13H16N2O3S/c16-12(9-19-11-3-5-14-6-4-11)15-7-1-2-10(15)8-13(17)18/h3-6,10H,1-2,7-9H2,(H,17,18). The third-order valence-electron chi connectivity index (χ3n) is 3.12. The molecule has 1 aromatic heterocycles. The van der Waals surface area contributed by atoms with Crippen LogP contribution in [0.25, 0.3) is 0 Å². The summed E-state index contributed by atoms with van der Waals surface area (Å²) >= 11 is 1.46. The number of carbonyl (C=O) groups excluding carboxylic acids is 1. The van der Waals surface area contributed by atoms with E-state index >= 15 is 0 Å². The number of likely N-dealkylation sites (tertiary alicyclic amines) is 1. The van der Waals surface area contributed by atoms with Gasteiger partial charge in [0.2, 0.25) is 5.91 Å². The molecule has 102 valence electrons. The quantitative estimate of drug-likeness (QED) is 0.830. The lowest BCUT2D eigenvalue weighted by Gasteiger charge is -2.23. The van der Waals surface area contributed by atoms with Crippen molar-refractivity contribution >= 4 is 23.6 Å². The lowest BCUT2D eigenvalue weighted by Crippen LogP contribution is -2.37. The number of hydrogen-bond acceptors (Lipinski definition) is 4. The minimum atomic E-state index is -0.841. The summed E-state index contributed by atoms with van der Waals surface area (Å²) in [6.45, 7) is 0.674. The second-order valence-corrected chi connectivity index (χ2v) is 5.50. The van der Waals surface area contributed by atoms with Gasteiger partial charge in [-0.25, -0.2) is 0 Å². The molecular formula is C13H16N2O3S. The number of amides is 1. The van der Waals surface area contributed by atoms with Gasteiger partial charge >= 0.3 is 5.97 Å². The minimum absolute atomic E-state index is 0.0190. The number of aromatic nitrogens is 1. The first-order valence-electron chi connectivity index (χ1n) is 6.21. The zero-order chi connectivity index (χ0) is 13.7. The van der Waals surface area contributed by atoms with E-state index in [-0.39, 0.29) is 18.4 Å². The zero-order valence-corrected chi connectivity index (χ0v) is 11.3. The molecular weight excluding hydrogens is 264 g/mol. The van der Waals surface area contributed by atoms with Crippen LogP contribution in [-0.2, 0) is 9.59 Å².